The first-order valence-corrected chi connectivity index (χ1v) is 8.11. The third-order valence-electron chi connectivity index (χ3n) is 3.28. The molecule has 0 amide bonds. The summed E-state index contributed by atoms with van der Waals surface area (Å²) in [7, 11) is 0. The molecule has 0 aliphatic carbocycles. The molecule has 0 saturated carbocycles. The minimum Gasteiger partial charge on any atom is -0.312 e. The summed E-state index contributed by atoms with van der Waals surface area (Å²) in [6, 6.07) is 6.52. The number of aromatic nitrogens is 3. The third-order valence-corrected chi connectivity index (χ3v) is 4.02. The number of benzene rings is 1. The molecule has 0 radical (unpaired) electrons. The summed E-state index contributed by atoms with van der Waals surface area (Å²) in [5.74, 6) is 2.44. The van der Waals surface area contributed by atoms with Gasteiger partial charge in [-0.05, 0) is 43.5 Å². The van der Waals surface area contributed by atoms with Crippen LogP contribution in [0.2, 0.25) is 0 Å². The minimum atomic E-state index is 0.672. The molecule has 0 aliphatic heterocycles. The highest BCUT2D eigenvalue weighted by atomic mass is 79.9. The van der Waals surface area contributed by atoms with E-state index in [0.717, 1.165) is 35.8 Å². The Hall–Kier alpha value is -1.20. The van der Waals surface area contributed by atoms with Crippen molar-refractivity contribution in [2.45, 2.75) is 40.8 Å². The van der Waals surface area contributed by atoms with E-state index in [1.54, 1.807) is 0 Å². The average Bonchev–Trinajstić information content (AvgIpc) is 2.70. The second-order valence-electron chi connectivity index (χ2n) is 5.81. The maximum atomic E-state index is 4.41. The summed E-state index contributed by atoms with van der Waals surface area (Å²) in [6.45, 7) is 11.0. The fraction of sp³-hybridized carbons (Fsp3) is 0.500. The Labute approximate surface area is 135 Å². The van der Waals surface area contributed by atoms with E-state index in [2.05, 4.69) is 63.4 Å². The van der Waals surface area contributed by atoms with Gasteiger partial charge in [-0.3, -0.25) is 0 Å². The van der Waals surface area contributed by atoms with Gasteiger partial charge in [0.2, 0.25) is 0 Å². The van der Waals surface area contributed by atoms with Crippen LogP contribution in [0.3, 0.4) is 0 Å². The first-order valence-electron chi connectivity index (χ1n) is 7.31. The van der Waals surface area contributed by atoms with Crippen LogP contribution in [0.5, 0.6) is 0 Å². The number of rotatable bonds is 6. The maximum absolute atomic E-state index is 4.41. The predicted octanol–water partition coefficient (Wildman–Crippen LogP) is 3.45. The number of nitrogens with one attached hydrogen (secondary N) is 1. The number of hydrogen-bond acceptors (Lipinski definition) is 3. The Balaban J connectivity index is 2.03. The molecule has 2 rings (SSSR count). The van der Waals surface area contributed by atoms with Gasteiger partial charge in [0.05, 0.1) is 6.54 Å². The van der Waals surface area contributed by atoms with E-state index < -0.39 is 0 Å². The normalized spacial score (nSPS) is 11.3. The van der Waals surface area contributed by atoms with Gasteiger partial charge in [-0.25, -0.2) is 9.67 Å². The molecule has 0 unspecified atom stereocenters. The van der Waals surface area contributed by atoms with E-state index >= 15 is 0 Å². The molecular weight excluding hydrogens is 328 g/mol. The Morgan fingerprint density at radius 1 is 1.29 bits per heavy atom. The first kappa shape index (κ1) is 16.2. The van der Waals surface area contributed by atoms with Gasteiger partial charge in [0.1, 0.15) is 11.6 Å². The van der Waals surface area contributed by atoms with E-state index in [1.807, 2.05) is 18.5 Å². The number of nitrogens with zero attached hydrogens (tertiary/aromatic N) is 3. The standard InChI is InChI=1S/C16H23BrN4/c1-11(2)8-18-9-14-5-6-15(16(17)7-14)10-21-13(4)19-12(3)20-21/h5-7,11,18H,8-10H2,1-4H3. The molecule has 2 aromatic rings. The molecular formula is C16H23BrN4. The zero-order chi connectivity index (χ0) is 15.4. The van der Waals surface area contributed by atoms with Crippen LogP contribution in [-0.4, -0.2) is 21.3 Å². The quantitative estimate of drug-likeness (QED) is 0.867. The van der Waals surface area contributed by atoms with E-state index in [0.29, 0.717) is 5.92 Å². The molecule has 1 N–H and O–H groups in total. The van der Waals surface area contributed by atoms with Crippen LogP contribution in [0.25, 0.3) is 0 Å². The van der Waals surface area contributed by atoms with Gasteiger partial charge < -0.3 is 5.32 Å². The van der Waals surface area contributed by atoms with Crippen molar-refractivity contribution in [1.82, 2.24) is 20.1 Å². The van der Waals surface area contributed by atoms with Crippen molar-refractivity contribution >= 4 is 15.9 Å². The van der Waals surface area contributed by atoms with Crippen LogP contribution in [0.4, 0.5) is 0 Å². The lowest BCUT2D eigenvalue weighted by molar-refractivity contribution is 0.552. The van der Waals surface area contributed by atoms with E-state index in [1.165, 1.54) is 11.1 Å². The van der Waals surface area contributed by atoms with Crippen LogP contribution < -0.4 is 5.32 Å². The molecule has 0 spiro atoms. The van der Waals surface area contributed by atoms with Crippen molar-refractivity contribution in [2.75, 3.05) is 6.54 Å². The molecule has 5 heteroatoms. The van der Waals surface area contributed by atoms with Crippen LogP contribution in [0, 0.1) is 19.8 Å². The van der Waals surface area contributed by atoms with Crippen LogP contribution >= 0.6 is 15.9 Å². The Morgan fingerprint density at radius 2 is 2.05 bits per heavy atom. The summed E-state index contributed by atoms with van der Waals surface area (Å²) in [5.41, 5.74) is 2.51. The highest BCUT2D eigenvalue weighted by molar-refractivity contribution is 9.10. The second kappa shape index (κ2) is 7.18. The molecule has 0 saturated heterocycles. The van der Waals surface area contributed by atoms with Gasteiger partial charge in [0.15, 0.2) is 0 Å². The van der Waals surface area contributed by atoms with Crippen molar-refractivity contribution in [1.29, 1.82) is 0 Å². The fourth-order valence-electron chi connectivity index (χ4n) is 2.21. The SMILES string of the molecule is Cc1nc(C)n(Cc2ccc(CNCC(C)C)cc2Br)n1. The lowest BCUT2D eigenvalue weighted by atomic mass is 10.1. The summed E-state index contributed by atoms with van der Waals surface area (Å²) >= 11 is 3.67. The summed E-state index contributed by atoms with van der Waals surface area (Å²) < 4.78 is 3.06. The van der Waals surface area contributed by atoms with Gasteiger partial charge in [0.25, 0.3) is 0 Å². The van der Waals surface area contributed by atoms with Crippen molar-refractivity contribution in [2.24, 2.45) is 5.92 Å². The zero-order valence-corrected chi connectivity index (χ0v) is 14.7. The van der Waals surface area contributed by atoms with Gasteiger partial charge >= 0.3 is 0 Å². The second-order valence-corrected chi connectivity index (χ2v) is 6.67. The van der Waals surface area contributed by atoms with Crippen molar-refractivity contribution in [3.05, 3.63) is 45.4 Å². The minimum absolute atomic E-state index is 0.672. The zero-order valence-electron chi connectivity index (χ0n) is 13.2. The third kappa shape index (κ3) is 4.64. The largest absolute Gasteiger partial charge is 0.312 e. The number of halogens is 1. The van der Waals surface area contributed by atoms with Gasteiger partial charge in [-0.1, -0.05) is 41.9 Å². The first-order chi connectivity index (χ1) is 9.95. The van der Waals surface area contributed by atoms with Crippen molar-refractivity contribution < 1.29 is 0 Å². The lowest BCUT2D eigenvalue weighted by Crippen LogP contribution is -2.19. The summed E-state index contributed by atoms with van der Waals surface area (Å²) in [5, 5.41) is 7.87. The molecule has 0 aliphatic rings. The number of aryl methyl sites for hydroxylation is 2. The van der Waals surface area contributed by atoms with Crippen LogP contribution in [0.15, 0.2) is 22.7 Å². The Kier molecular flexibility index (Phi) is 5.53. The van der Waals surface area contributed by atoms with E-state index in [9.17, 15) is 0 Å². The van der Waals surface area contributed by atoms with Gasteiger partial charge in [0, 0.05) is 11.0 Å². The van der Waals surface area contributed by atoms with Gasteiger partial charge in [-0.2, -0.15) is 5.10 Å². The Bertz CT molecular complexity index is 604. The topological polar surface area (TPSA) is 42.7 Å². The average molecular weight is 351 g/mol. The summed E-state index contributed by atoms with van der Waals surface area (Å²) in [4.78, 5) is 4.34. The lowest BCUT2D eigenvalue weighted by Gasteiger charge is -2.10. The monoisotopic (exact) mass is 350 g/mol. The molecule has 0 atom stereocenters. The highest BCUT2D eigenvalue weighted by Crippen LogP contribution is 2.20. The van der Waals surface area contributed by atoms with Gasteiger partial charge in [-0.15, -0.1) is 0 Å². The maximum Gasteiger partial charge on any atom is 0.147 e. The fourth-order valence-corrected chi connectivity index (χ4v) is 2.76. The highest BCUT2D eigenvalue weighted by Gasteiger charge is 2.07. The van der Waals surface area contributed by atoms with Crippen LogP contribution in [0.1, 0.15) is 36.6 Å². The smallest absolute Gasteiger partial charge is 0.147 e. The molecule has 0 fully saturated rings. The van der Waals surface area contributed by atoms with E-state index in [-0.39, 0.29) is 0 Å². The molecule has 0 bridgehead atoms. The molecule has 114 valence electrons. The molecule has 1 aromatic heterocycles. The Morgan fingerprint density at radius 3 is 2.62 bits per heavy atom. The molecule has 21 heavy (non-hydrogen) atoms. The molecule has 1 heterocycles. The van der Waals surface area contributed by atoms with Crippen LogP contribution in [-0.2, 0) is 13.1 Å². The molecule has 1 aromatic carbocycles. The van der Waals surface area contributed by atoms with E-state index in [4.69, 9.17) is 0 Å². The molecule has 4 nitrogen and oxygen atoms in total. The van der Waals surface area contributed by atoms with Crippen molar-refractivity contribution in [3.63, 3.8) is 0 Å². The summed E-state index contributed by atoms with van der Waals surface area (Å²) in [6.07, 6.45) is 0. The van der Waals surface area contributed by atoms with Crippen molar-refractivity contribution in [3.8, 4) is 0 Å². The predicted molar refractivity (Wildman–Crippen MR) is 89.3 cm³/mol. The number of hydrogen-bond donors (Lipinski definition) is 1.